The van der Waals surface area contributed by atoms with Crippen molar-refractivity contribution in [2.45, 2.75) is 26.9 Å². The number of hydrogen-bond acceptors (Lipinski definition) is 3. The molecular weight excluding hydrogens is 321 g/mol. The van der Waals surface area contributed by atoms with Gasteiger partial charge in [0.15, 0.2) is 0 Å². The number of hydrogen-bond donors (Lipinski definition) is 1. The SMILES string of the molecule is CCn1ncc(CN(C)C(=O)c2cn[nH]c2-c2cccc(F)c2)c1C. The Balaban J connectivity index is 1.84. The lowest BCUT2D eigenvalue weighted by Gasteiger charge is -2.17. The molecule has 0 unspecified atom stereocenters. The molecule has 0 aliphatic heterocycles. The first-order valence-electron chi connectivity index (χ1n) is 8.07. The minimum absolute atomic E-state index is 0.184. The van der Waals surface area contributed by atoms with Crippen LogP contribution in [0.15, 0.2) is 36.7 Å². The number of aryl methyl sites for hydroxylation is 1. The van der Waals surface area contributed by atoms with Crippen molar-refractivity contribution in [3.8, 4) is 11.3 Å². The Morgan fingerprint density at radius 3 is 2.84 bits per heavy atom. The molecule has 7 heteroatoms. The van der Waals surface area contributed by atoms with Crippen LogP contribution < -0.4 is 0 Å². The van der Waals surface area contributed by atoms with Crippen LogP contribution in [0.3, 0.4) is 0 Å². The van der Waals surface area contributed by atoms with Crippen LogP contribution in [0.2, 0.25) is 0 Å². The van der Waals surface area contributed by atoms with Gasteiger partial charge in [-0.25, -0.2) is 4.39 Å². The van der Waals surface area contributed by atoms with Crippen molar-refractivity contribution in [1.82, 2.24) is 24.9 Å². The summed E-state index contributed by atoms with van der Waals surface area (Å²) in [5.74, 6) is -0.543. The number of aromatic nitrogens is 4. The zero-order valence-electron chi connectivity index (χ0n) is 14.5. The van der Waals surface area contributed by atoms with E-state index < -0.39 is 0 Å². The number of rotatable bonds is 5. The van der Waals surface area contributed by atoms with Crippen molar-refractivity contribution in [2.75, 3.05) is 7.05 Å². The number of aromatic amines is 1. The number of carbonyl (C=O) groups is 1. The summed E-state index contributed by atoms with van der Waals surface area (Å²) in [6, 6.07) is 6.08. The molecule has 6 nitrogen and oxygen atoms in total. The Hall–Kier alpha value is -2.96. The van der Waals surface area contributed by atoms with E-state index in [0.717, 1.165) is 17.8 Å². The number of carbonyl (C=O) groups excluding carboxylic acids is 1. The van der Waals surface area contributed by atoms with Crippen LogP contribution in [0.4, 0.5) is 4.39 Å². The van der Waals surface area contributed by atoms with Gasteiger partial charge in [0.25, 0.3) is 5.91 Å². The minimum Gasteiger partial charge on any atom is -0.337 e. The molecule has 1 amide bonds. The van der Waals surface area contributed by atoms with Crippen LogP contribution in [0.25, 0.3) is 11.3 Å². The lowest BCUT2D eigenvalue weighted by Crippen LogP contribution is -2.26. The average Bonchev–Trinajstić information content (AvgIpc) is 3.22. The molecule has 0 saturated heterocycles. The van der Waals surface area contributed by atoms with Gasteiger partial charge in [-0.2, -0.15) is 10.2 Å². The van der Waals surface area contributed by atoms with E-state index in [1.807, 2.05) is 18.5 Å². The molecule has 25 heavy (non-hydrogen) atoms. The Labute approximate surface area is 145 Å². The molecule has 0 aliphatic rings. The van der Waals surface area contributed by atoms with Gasteiger partial charge in [0.05, 0.1) is 23.7 Å². The molecule has 0 fully saturated rings. The van der Waals surface area contributed by atoms with Gasteiger partial charge in [0.2, 0.25) is 0 Å². The highest BCUT2D eigenvalue weighted by atomic mass is 19.1. The van der Waals surface area contributed by atoms with Crippen molar-refractivity contribution in [2.24, 2.45) is 0 Å². The Morgan fingerprint density at radius 2 is 2.16 bits per heavy atom. The van der Waals surface area contributed by atoms with Crippen molar-refractivity contribution in [3.05, 3.63) is 59.3 Å². The van der Waals surface area contributed by atoms with Gasteiger partial charge in [-0.1, -0.05) is 12.1 Å². The number of H-pyrrole nitrogens is 1. The van der Waals surface area contributed by atoms with Crippen molar-refractivity contribution in [1.29, 1.82) is 0 Å². The summed E-state index contributed by atoms with van der Waals surface area (Å²) in [5, 5.41) is 11.1. The molecule has 3 aromatic rings. The van der Waals surface area contributed by atoms with Crippen molar-refractivity contribution >= 4 is 5.91 Å². The predicted octanol–water partition coefficient (Wildman–Crippen LogP) is 3.01. The fourth-order valence-corrected chi connectivity index (χ4v) is 2.80. The predicted molar refractivity (Wildman–Crippen MR) is 92.4 cm³/mol. The number of benzene rings is 1. The van der Waals surface area contributed by atoms with E-state index >= 15 is 0 Å². The molecular formula is C18H20FN5O. The lowest BCUT2D eigenvalue weighted by molar-refractivity contribution is 0.0785. The summed E-state index contributed by atoms with van der Waals surface area (Å²) < 4.78 is 15.4. The normalized spacial score (nSPS) is 10.9. The van der Waals surface area contributed by atoms with Crippen LogP contribution in [0.1, 0.15) is 28.5 Å². The van der Waals surface area contributed by atoms with E-state index in [-0.39, 0.29) is 11.7 Å². The zero-order chi connectivity index (χ0) is 18.0. The zero-order valence-corrected chi connectivity index (χ0v) is 14.5. The maximum absolute atomic E-state index is 13.5. The van der Waals surface area contributed by atoms with Crippen molar-refractivity contribution < 1.29 is 9.18 Å². The molecule has 0 aliphatic carbocycles. The molecule has 0 radical (unpaired) electrons. The first-order valence-corrected chi connectivity index (χ1v) is 8.07. The quantitative estimate of drug-likeness (QED) is 0.776. The van der Waals surface area contributed by atoms with Crippen molar-refractivity contribution in [3.63, 3.8) is 0 Å². The second-order valence-corrected chi connectivity index (χ2v) is 5.90. The third-order valence-corrected chi connectivity index (χ3v) is 4.24. The molecule has 0 bridgehead atoms. The molecule has 130 valence electrons. The highest BCUT2D eigenvalue weighted by molar-refractivity contribution is 5.99. The van der Waals surface area contributed by atoms with Gasteiger partial charge in [0, 0.05) is 37.0 Å². The molecule has 1 N–H and O–H groups in total. The molecule has 3 rings (SSSR count). The second kappa shape index (κ2) is 6.88. The van der Waals surface area contributed by atoms with Gasteiger partial charge < -0.3 is 4.90 Å². The molecule has 0 atom stereocenters. The van der Waals surface area contributed by atoms with E-state index in [4.69, 9.17) is 0 Å². The summed E-state index contributed by atoms with van der Waals surface area (Å²) in [5.41, 5.74) is 3.54. The van der Waals surface area contributed by atoms with Gasteiger partial charge in [0.1, 0.15) is 5.82 Å². The number of amides is 1. The second-order valence-electron chi connectivity index (χ2n) is 5.90. The standard InChI is InChI=1S/C18H20FN5O/c1-4-24-12(2)14(9-21-24)11-23(3)18(25)16-10-20-22-17(16)13-6-5-7-15(19)8-13/h5-10H,4,11H2,1-3H3,(H,20,22). The Bertz CT molecular complexity index is 899. The molecule has 0 spiro atoms. The lowest BCUT2D eigenvalue weighted by atomic mass is 10.1. The maximum atomic E-state index is 13.5. The monoisotopic (exact) mass is 341 g/mol. The topological polar surface area (TPSA) is 66.8 Å². The number of nitrogens with one attached hydrogen (secondary N) is 1. The van der Waals surface area contributed by atoms with Crippen LogP contribution in [0.5, 0.6) is 0 Å². The summed E-state index contributed by atoms with van der Waals surface area (Å²) in [7, 11) is 1.73. The van der Waals surface area contributed by atoms with Gasteiger partial charge in [-0.05, 0) is 26.0 Å². The smallest absolute Gasteiger partial charge is 0.257 e. The molecule has 2 aromatic heterocycles. The minimum atomic E-state index is -0.360. The van der Waals surface area contributed by atoms with Crippen LogP contribution in [0, 0.1) is 12.7 Å². The van der Waals surface area contributed by atoms with E-state index in [2.05, 4.69) is 15.3 Å². The largest absolute Gasteiger partial charge is 0.337 e. The summed E-state index contributed by atoms with van der Waals surface area (Å²) in [6.07, 6.45) is 3.26. The van der Waals surface area contributed by atoms with Crippen LogP contribution in [-0.2, 0) is 13.1 Å². The van der Waals surface area contributed by atoms with E-state index in [0.29, 0.717) is 23.4 Å². The number of nitrogens with zero attached hydrogens (tertiary/aromatic N) is 4. The maximum Gasteiger partial charge on any atom is 0.257 e. The van der Waals surface area contributed by atoms with Crippen LogP contribution in [-0.4, -0.2) is 37.8 Å². The Kier molecular flexibility index (Phi) is 4.65. The van der Waals surface area contributed by atoms with Gasteiger partial charge in [-0.15, -0.1) is 0 Å². The average molecular weight is 341 g/mol. The molecule has 1 aromatic carbocycles. The Morgan fingerprint density at radius 1 is 1.36 bits per heavy atom. The highest BCUT2D eigenvalue weighted by Crippen LogP contribution is 2.23. The molecule has 2 heterocycles. The van der Waals surface area contributed by atoms with E-state index in [1.165, 1.54) is 18.3 Å². The third kappa shape index (κ3) is 3.31. The van der Waals surface area contributed by atoms with E-state index in [9.17, 15) is 9.18 Å². The third-order valence-electron chi connectivity index (χ3n) is 4.24. The van der Waals surface area contributed by atoms with E-state index in [1.54, 1.807) is 30.3 Å². The highest BCUT2D eigenvalue weighted by Gasteiger charge is 2.20. The van der Waals surface area contributed by atoms with Gasteiger partial charge >= 0.3 is 0 Å². The summed E-state index contributed by atoms with van der Waals surface area (Å²) >= 11 is 0. The number of halogens is 1. The first-order chi connectivity index (χ1) is 12.0. The fraction of sp³-hybridized carbons (Fsp3) is 0.278. The summed E-state index contributed by atoms with van der Waals surface area (Å²) in [4.78, 5) is 14.4. The molecule has 0 saturated carbocycles. The summed E-state index contributed by atoms with van der Waals surface area (Å²) in [6.45, 7) is 5.24. The van der Waals surface area contributed by atoms with Crippen LogP contribution >= 0.6 is 0 Å². The fourth-order valence-electron chi connectivity index (χ4n) is 2.80. The van der Waals surface area contributed by atoms with Gasteiger partial charge in [-0.3, -0.25) is 14.6 Å². The first kappa shape index (κ1) is 16.9.